The van der Waals surface area contributed by atoms with E-state index in [1.54, 1.807) is 0 Å². The second kappa shape index (κ2) is 8.72. The van der Waals surface area contributed by atoms with Gasteiger partial charge in [-0.3, -0.25) is 0 Å². The van der Waals surface area contributed by atoms with Gasteiger partial charge in [0.15, 0.2) is 9.84 Å². The molecular formula is C13H24ClNO4S. The van der Waals surface area contributed by atoms with E-state index in [0.717, 1.165) is 19.3 Å². The van der Waals surface area contributed by atoms with Crippen molar-refractivity contribution in [3.05, 3.63) is 0 Å². The van der Waals surface area contributed by atoms with Crippen molar-refractivity contribution in [3.8, 4) is 0 Å². The highest BCUT2D eigenvalue weighted by Gasteiger charge is 2.37. The second-order valence-corrected chi connectivity index (χ2v) is 7.96. The number of halogens is 1. The molecule has 0 aromatic carbocycles. The monoisotopic (exact) mass is 325 g/mol. The highest BCUT2D eigenvalue weighted by molar-refractivity contribution is 7.91. The van der Waals surface area contributed by atoms with E-state index in [-0.39, 0.29) is 11.5 Å². The van der Waals surface area contributed by atoms with Crippen molar-refractivity contribution < 1.29 is 17.9 Å². The zero-order valence-corrected chi connectivity index (χ0v) is 13.5. The Hall–Kier alpha value is -0.490. The highest BCUT2D eigenvalue weighted by atomic mass is 35.5. The van der Waals surface area contributed by atoms with Gasteiger partial charge in [-0.2, -0.15) is 0 Å². The van der Waals surface area contributed by atoms with Crippen molar-refractivity contribution in [1.82, 2.24) is 5.32 Å². The van der Waals surface area contributed by atoms with E-state index in [2.05, 4.69) is 12.2 Å². The summed E-state index contributed by atoms with van der Waals surface area (Å²) in [7, 11) is -3.13. The van der Waals surface area contributed by atoms with Crippen LogP contribution in [-0.2, 0) is 14.6 Å². The molecule has 1 aliphatic heterocycles. The fourth-order valence-corrected chi connectivity index (χ4v) is 4.73. The van der Waals surface area contributed by atoms with E-state index in [1.807, 2.05) is 0 Å². The Balaban J connectivity index is 2.09. The molecular weight excluding hydrogens is 302 g/mol. The minimum atomic E-state index is -3.13. The Morgan fingerprint density at radius 3 is 2.45 bits per heavy atom. The van der Waals surface area contributed by atoms with Crippen LogP contribution in [0.4, 0.5) is 4.79 Å². The molecule has 1 N–H and O–H groups in total. The van der Waals surface area contributed by atoms with Crippen molar-refractivity contribution in [1.29, 1.82) is 0 Å². The lowest BCUT2D eigenvalue weighted by atomic mass is 10.1. The molecule has 5 nitrogen and oxygen atoms in total. The second-order valence-electron chi connectivity index (χ2n) is 5.25. The first-order valence-corrected chi connectivity index (χ1v) is 9.48. The molecule has 1 fully saturated rings. The number of amides is 1. The third kappa shape index (κ3) is 6.79. The van der Waals surface area contributed by atoms with Gasteiger partial charge in [0.2, 0.25) is 0 Å². The predicted molar refractivity (Wildman–Crippen MR) is 79.9 cm³/mol. The maximum absolute atomic E-state index is 11.5. The first-order valence-electron chi connectivity index (χ1n) is 7.22. The van der Waals surface area contributed by atoms with Gasteiger partial charge in [-0.05, 0) is 6.42 Å². The summed E-state index contributed by atoms with van der Waals surface area (Å²) in [6, 6.07) is -0.543. The molecule has 1 heterocycles. The third-order valence-corrected chi connectivity index (χ3v) is 5.69. The number of hydrogen-bond acceptors (Lipinski definition) is 4. The molecule has 7 heteroatoms. The van der Waals surface area contributed by atoms with Crippen molar-refractivity contribution in [3.63, 3.8) is 0 Å². The standard InChI is InChI=1S/C13H24ClNO4S/c1-2-3-4-5-6-7-8-19-13(16)15-12-10-20(17,18)9-11(12)14/h11-12H,2-10H2,1H3,(H,15,16). The van der Waals surface area contributed by atoms with Crippen LogP contribution in [0.15, 0.2) is 0 Å². The average Bonchev–Trinajstić information content (AvgIpc) is 2.61. The summed E-state index contributed by atoms with van der Waals surface area (Å²) in [6.45, 7) is 2.53. The van der Waals surface area contributed by atoms with Crippen LogP contribution in [0, 0.1) is 0 Å². The molecule has 1 saturated heterocycles. The molecule has 0 saturated carbocycles. The van der Waals surface area contributed by atoms with Crippen molar-refractivity contribution >= 4 is 27.5 Å². The minimum absolute atomic E-state index is 0.0864. The van der Waals surface area contributed by atoms with Gasteiger partial charge in [0, 0.05) is 0 Å². The summed E-state index contributed by atoms with van der Waals surface area (Å²) in [5.41, 5.74) is 0. The molecule has 1 amide bonds. The number of sulfone groups is 1. The number of unbranched alkanes of at least 4 members (excludes halogenated alkanes) is 5. The van der Waals surface area contributed by atoms with E-state index in [0.29, 0.717) is 6.61 Å². The van der Waals surface area contributed by atoms with Crippen LogP contribution < -0.4 is 5.32 Å². The fourth-order valence-electron chi connectivity index (χ4n) is 2.18. The largest absolute Gasteiger partial charge is 0.450 e. The summed E-state index contributed by atoms with van der Waals surface area (Å²) in [6.07, 6.45) is 6.14. The van der Waals surface area contributed by atoms with Crippen molar-refractivity contribution in [2.45, 2.75) is 56.9 Å². The van der Waals surface area contributed by atoms with E-state index in [9.17, 15) is 13.2 Å². The van der Waals surface area contributed by atoms with Gasteiger partial charge in [0.1, 0.15) is 0 Å². The van der Waals surface area contributed by atoms with Gasteiger partial charge < -0.3 is 10.1 Å². The average molecular weight is 326 g/mol. The smallest absolute Gasteiger partial charge is 0.407 e. The van der Waals surface area contributed by atoms with Crippen molar-refractivity contribution in [2.75, 3.05) is 18.1 Å². The maximum Gasteiger partial charge on any atom is 0.407 e. The SMILES string of the molecule is CCCCCCCCOC(=O)NC1CS(=O)(=O)CC1Cl. The summed E-state index contributed by atoms with van der Waals surface area (Å²) in [4.78, 5) is 11.5. The Kier molecular flexibility index (Phi) is 7.66. The van der Waals surface area contributed by atoms with E-state index >= 15 is 0 Å². The first kappa shape index (κ1) is 17.6. The molecule has 0 aromatic heterocycles. The molecule has 2 unspecified atom stereocenters. The van der Waals surface area contributed by atoms with Gasteiger partial charge in [-0.25, -0.2) is 13.2 Å². The number of alkyl halides is 1. The van der Waals surface area contributed by atoms with E-state index in [4.69, 9.17) is 16.3 Å². The Bertz CT molecular complexity index is 399. The molecule has 20 heavy (non-hydrogen) atoms. The van der Waals surface area contributed by atoms with Crippen molar-refractivity contribution in [2.24, 2.45) is 0 Å². The van der Waals surface area contributed by atoms with Crippen LogP contribution in [0.1, 0.15) is 45.4 Å². The number of ether oxygens (including phenoxy) is 1. The van der Waals surface area contributed by atoms with Crippen LogP contribution in [-0.4, -0.2) is 44.0 Å². The maximum atomic E-state index is 11.5. The summed E-state index contributed by atoms with van der Waals surface area (Å²) < 4.78 is 27.7. The van der Waals surface area contributed by atoms with Gasteiger partial charge >= 0.3 is 6.09 Å². The van der Waals surface area contributed by atoms with Crippen LogP contribution in [0.25, 0.3) is 0 Å². The summed E-state index contributed by atoms with van der Waals surface area (Å²) in [5.74, 6) is -0.190. The number of rotatable bonds is 8. The fraction of sp³-hybridized carbons (Fsp3) is 0.923. The van der Waals surface area contributed by atoms with Crippen LogP contribution in [0.2, 0.25) is 0 Å². The van der Waals surface area contributed by atoms with Crippen LogP contribution in [0.3, 0.4) is 0 Å². The third-order valence-electron chi connectivity index (χ3n) is 3.32. The lowest BCUT2D eigenvalue weighted by Gasteiger charge is -2.14. The van der Waals surface area contributed by atoms with Crippen LogP contribution >= 0.6 is 11.6 Å². The van der Waals surface area contributed by atoms with E-state index in [1.165, 1.54) is 19.3 Å². The molecule has 1 aliphatic rings. The van der Waals surface area contributed by atoms with E-state index < -0.39 is 27.3 Å². The number of alkyl carbamates (subject to hydrolysis) is 1. The Morgan fingerprint density at radius 1 is 1.20 bits per heavy atom. The first-order chi connectivity index (χ1) is 9.44. The number of carbonyl (C=O) groups excluding carboxylic acids is 1. The van der Waals surface area contributed by atoms with Gasteiger partial charge in [0.25, 0.3) is 0 Å². The molecule has 2 atom stereocenters. The van der Waals surface area contributed by atoms with Gasteiger partial charge in [-0.15, -0.1) is 11.6 Å². The number of nitrogens with one attached hydrogen (secondary N) is 1. The van der Waals surface area contributed by atoms with Crippen LogP contribution in [0.5, 0.6) is 0 Å². The normalized spacial score (nSPS) is 24.5. The van der Waals surface area contributed by atoms with Gasteiger partial charge in [-0.1, -0.05) is 39.0 Å². The molecule has 0 aromatic rings. The molecule has 0 spiro atoms. The number of carbonyl (C=O) groups is 1. The Labute approximate surface area is 126 Å². The quantitative estimate of drug-likeness (QED) is 0.549. The minimum Gasteiger partial charge on any atom is -0.450 e. The summed E-state index contributed by atoms with van der Waals surface area (Å²) in [5, 5.41) is 1.96. The zero-order valence-electron chi connectivity index (χ0n) is 11.9. The predicted octanol–water partition coefficient (Wildman–Crippen LogP) is 2.48. The zero-order chi connectivity index (χ0) is 15.0. The van der Waals surface area contributed by atoms with Gasteiger partial charge in [0.05, 0.1) is 29.5 Å². The molecule has 0 bridgehead atoms. The molecule has 1 rings (SSSR count). The number of hydrogen-bond donors (Lipinski definition) is 1. The lowest BCUT2D eigenvalue weighted by molar-refractivity contribution is 0.141. The Morgan fingerprint density at radius 2 is 1.85 bits per heavy atom. The summed E-state index contributed by atoms with van der Waals surface area (Å²) >= 11 is 5.89. The topological polar surface area (TPSA) is 72.5 Å². The molecule has 0 aliphatic carbocycles. The highest BCUT2D eigenvalue weighted by Crippen LogP contribution is 2.18. The lowest BCUT2D eigenvalue weighted by Crippen LogP contribution is -2.41. The molecule has 118 valence electrons. The molecule has 0 radical (unpaired) electrons.